The summed E-state index contributed by atoms with van der Waals surface area (Å²) in [6.07, 6.45) is 0. The number of hydrogen-bond acceptors (Lipinski definition) is 1. The fourth-order valence-corrected chi connectivity index (χ4v) is 2.56. The molecule has 0 aliphatic rings. The molecule has 0 radical (unpaired) electrons. The number of halogens is 1. The third-order valence-electron chi connectivity index (χ3n) is 3.89. The van der Waals surface area contributed by atoms with Crippen LogP contribution in [0.15, 0.2) is 48.5 Å². The van der Waals surface area contributed by atoms with Gasteiger partial charge in [-0.25, -0.2) is 4.39 Å². The van der Waals surface area contributed by atoms with Gasteiger partial charge in [0.25, 0.3) is 5.91 Å². The van der Waals surface area contributed by atoms with Gasteiger partial charge in [0.15, 0.2) is 0 Å². The average molecular weight is 296 g/mol. The first-order chi connectivity index (χ1) is 10.5. The van der Waals surface area contributed by atoms with E-state index in [2.05, 4.69) is 28.9 Å². The molecule has 3 rings (SSSR count). The number of nitrogens with zero attached hydrogens (tertiary/aromatic N) is 1. The van der Waals surface area contributed by atoms with Crippen LogP contribution in [0.1, 0.15) is 21.6 Å². The highest BCUT2D eigenvalue weighted by atomic mass is 19.1. The Morgan fingerprint density at radius 2 is 2.00 bits per heavy atom. The molecule has 0 fully saturated rings. The minimum atomic E-state index is -0.408. The first kappa shape index (κ1) is 14.3. The maximum atomic E-state index is 13.1. The first-order valence-electron chi connectivity index (χ1n) is 7.13. The van der Waals surface area contributed by atoms with E-state index in [1.54, 1.807) is 6.07 Å². The molecular weight excluding hydrogens is 279 g/mol. The number of benzene rings is 2. The second-order valence-corrected chi connectivity index (χ2v) is 5.43. The summed E-state index contributed by atoms with van der Waals surface area (Å²) in [6.45, 7) is 2.48. The van der Waals surface area contributed by atoms with E-state index in [4.69, 9.17) is 0 Å². The van der Waals surface area contributed by atoms with E-state index in [1.165, 1.54) is 23.9 Å². The van der Waals surface area contributed by atoms with Crippen molar-refractivity contribution in [2.75, 3.05) is 0 Å². The number of nitrogens with one attached hydrogen (secondary N) is 1. The Kier molecular flexibility index (Phi) is 3.67. The van der Waals surface area contributed by atoms with Crippen molar-refractivity contribution in [1.29, 1.82) is 0 Å². The number of carbonyl (C=O) groups is 1. The van der Waals surface area contributed by atoms with Crippen molar-refractivity contribution in [2.24, 2.45) is 7.05 Å². The summed E-state index contributed by atoms with van der Waals surface area (Å²) < 4.78 is 15.3. The van der Waals surface area contributed by atoms with Gasteiger partial charge in [-0.05, 0) is 48.9 Å². The predicted molar refractivity (Wildman–Crippen MR) is 85.2 cm³/mol. The lowest BCUT2D eigenvalue weighted by atomic mass is 10.1. The van der Waals surface area contributed by atoms with E-state index >= 15 is 0 Å². The molecule has 1 amide bonds. The molecule has 0 spiro atoms. The van der Waals surface area contributed by atoms with E-state index in [-0.39, 0.29) is 5.91 Å². The quantitative estimate of drug-likeness (QED) is 0.788. The zero-order valence-electron chi connectivity index (χ0n) is 12.6. The smallest absolute Gasteiger partial charge is 0.251 e. The molecule has 3 aromatic rings. The number of carbonyl (C=O) groups excluding carboxylic acids is 1. The highest BCUT2D eigenvalue weighted by Crippen LogP contribution is 2.19. The highest BCUT2D eigenvalue weighted by molar-refractivity contribution is 5.94. The second-order valence-electron chi connectivity index (χ2n) is 5.43. The first-order valence-corrected chi connectivity index (χ1v) is 7.13. The lowest BCUT2D eigenvalue weighted by molar-refractivity contribution is 0.0950. The van der Waals surface area contributed by atoms with Crippen LogP contribution in [0.25, 0.3) is 10.9 Å². The lowest BCUT2D eigenvalue weighted by Crippen LogP contribution is -2.22. The molecule has 1 heterocycles. The Labute approximate surface area is 128 Å². The van der Waals surface area contributed by atoms with Crippen molar-refractivity contribution in [3.8, 4) is 0 Å². The largest absolute Gasteiger partial charge is 0.348 e. The Balaban J connectivity index is 1.75. The highest BCUT2D eigenvalue weighted by Gasteiger charge is 2.07. The number of fused-ring (bicyclic) bond motifs is 1. The van der Waals surface area contributed by atoms with Crippen molar-refractivity contribution in [3.05, 3.63) is 71.2 Å². The molecule has 2 aromatic carbocycles. The van der Waals surface area contributed by atoms with Gasteiger partial charge in [0.2, 0.25) is 0 Å². The summed E-state index contributed by atoms with van der Waals surface area (Å²) in [4.78, 5) is 12.0. The minimum absolute atomic E-state index is 0.274. The average Bonchev–Trinajstić information content (AvgIpc) is 2.79. The van der Waals surface area contributed by atoms with Gasteiger partial charge in [-0.15, -0.1) is 0 Å². The van der Waals surface area contributed by atoms with E-state index < -0.39 is 5.82 Å². The van der Waals surface area contributed by atoms with E-state index in [0.29, 0.717) is 12.1 Å². The van der Waals surface area contributed by atoms with Crippen LogP contribution in [0, 0.1) is 12.7 Å². The van der Waals surface area contributed by atoms with E-state index in [9.17, 15) is 9.18 Å². The lowest BCUT2D eigenvalue weighted by Gasteiger charge is -2.06. The van der Waals surface area contributed by atoms with Crippen molar-refractivity contribution in [3.63, 3.8) is 0 Å². The van der Waals surface area contributed by atoms with Gasteiger partial charge in [0, 0.05) is 35.8 Å². The van der Waals surface area contributed by atoms with Gasteiger partial charge >= 0.3 is 0 Å². The molecule has 0 saturated heterocycles. The Bertz CT molecular complexity index is 851. The summed E-state index contributed by atoms with van der Waals surface area (Å²) in [5, 5.41) is 3.97. The molecule has 0 atom stereocenters. The van der Waals surface area contributed by atoms with Crippen molar-refractivity contribution < 1.29 is 9.18 Å². The zero-order chi connectivity index (χ0) is 15.7. The standard InChI is InChI=1S/C18H17FN2O/c1-12-8-15-9-13(6-7-17(15)21(12)2)11-20-18(22)14-4-3-5-16(19)10-14/h3-10H,11H2,1-2H3,(H,20,22). The summed E-state index contributed by atoms with van der Waals surface area (Å²) in [7, 11) is 2.03. The summed E-state index contributed by atoms with van der Waals surface area (Å²) in [5.41, 5.74) is 3.70. The number of aromatic nitrogens is 1. The Hall–Kier alpha value is -2.62. The van der Waals surface area contributed by atoms with Gasteiger partial charge in [-0.2, -0.15) is 0 Å². The van der Waals surface area contributed by atoms with Crippen molar-refractivity contribution in [1.82, 2.24) is 9.88 Å². The SMILES string of the molecule is Cc1cc2cc(CNC(=O)c3cccc(F)c3)ccc2n1C. The molecule has 0 bridgehead atoms. The normalized spacial score (nSPS) is 10.9. The van der Waals surface area contributed by atoms with Crippen LogP contribution in [0.2, 0.25) is 0 Å². The maximum Gasteiger partial charge on any atom is 0.251 e. The van der Waals surface area contributed by atoms with E-state index in [0.717, 1.165) is 16.5 Å². The molecule has 112 valence electrons. The monoisotopic (exact) mass is 296 g/mol. The van der Waals surface area contributed by atoms with Crippen LogP contribution in [-0.2, 0) is 13.6 Å². The summed E-state index contributed by atoms with van der Waals surface area (Å²) in [5.74, 6) is -0.683. The molecule has 22 heavy (non-hydrogen) atoms. The molecule has 1 aromatic heterocycles. The number of aryl methyl sites for hydroxylation is 2. The Morgan fingerprint density at radius 1 is 1.18 bits per heavy atom. The van der Waals surface area contributed by atoms with E-state index in [1.807, 2.05) is 19.2 Å². The van der Waals surface area contributed by atoms with Gasteiger partial charge in [-0.3, -0.25) is 4.79 Å². The Morgan fingerprint density at radius 3 is 2.77 bits per heavy atom. The third kappa shape index (κ3) is 2.72. The van der Waals surface area contributed by atoms with Crippen molar-refractivity contribution >= 4 is 16.8 Å². The molecule has 1 N–H and O–H groups in total. The van der Waals surface area contributed by atoms with Crippen molar-refractivity contribution in [2.45, 2.75) is 13.5 Å². The van der Waals surface area contributed by atoms with Gasteiger partial charge in [0.1, 0.15) is 5.82 Å². The fourth-order valence-electron chi connectivity index (χ4n) is 2.56. The van der Waals surface area contributed by atoms with Gasteiger partial charge < -0.3 is 9.88 Å². The van der Waals surface area contributed by atoms with Crippen LogP contribution in [0.3, 0.4) is 0 Å². The van der Waals surface area contributed by atoms with Crippen LogP contribution in [-0.4, -0.2) is 10.5 Å². The number of hydrogen-bond donors (Lipinski definition) is 1. The van der Waals surface area contributed by atoms with Gasteiger partial charge in [0.05, 0.1) is 0 Å². The summed E-state index contributed by atoms with van der Waals surface area (Å²) in [6, 6.07) is 13.9. The molecular formula is C18H17FN2O. The summed E-state index contributed by atoms with van der Waals surface area (Å²) >= 11 is 0. The van der Waals surface area contributed by atoms with Crippen LogP contribution in [0.5, 0.6) is 0 Å². The van der Waals surface area contributed by atoms with Crippen LogP contribution >= 0.6 is 0 Å². The van der Waals surface area contributed by atoms with Crippen LogP contribution in [0.4, 0.5) is 4.39 Å². The zero-order valence-corrected chi connectivity index (χ0v) is 12.6. The maximum absolute atomic E-state index is 13.1. The second kappa shape index (κ2) is 5.64. The predicted octanol–water partition coefficient (Wildman–Crippen LogP) is 3.56. The number of amides is 1. The molecule has 4 heteroatoms. The molecule has 0 aliphatic heterocycles. The molecule has 0 unspecified atom stereocenters. The molecule has 3 nitrogen and oxygen atoms in total. The topological polar surface area (TPSA) is 34.0 Å². The molecule has 0 aliphatic carbocycles. The van der Waals surface area contributed by atoms with Gasteiger partial charge in [-0.1, -0.05) is 12.1 Å². The third-order valence-corrected chi connectivity index (χ3v) is 3.89. The van der Waals surface area contributed by atoms with Crippen LogP contribution < -0.4 is 5.32 Å². The fraction of sp³-hybridized carbons (Fsp3) is 0.167. The number of rotatable bonds is 3. The molecule has 0 saturated carbocycles. The minimum Gasteiger partial charge on any atom is -0.348 e.